The topological polar surface area (TPSA) is 35.5 Å². The van der Waals surface area contributed by atoms with Gasteiger partial charge in [-0.15, -0.1) is 0 Å². The van der Waals surface area contributed by atoms with Crippen molar-refractivity contribution in [2.24, 2.45) is 0 Å². The molecule has 0 rings (SSSR count). The van der Waals surface area contributed by atoms with Crippen molar-refractivity contribution in [2.75, 3.05) is 0 Å². The minimum Gasteiger partial charge on any atom is -0.293 e. The fourth-order valence-corrected chi connectivity index (χ4v) is 0.130. The van der Waals surface area contributed by atoms with Gasteiger partial charge >= 0.3 is 5.97 Å². The summed E-state index contributed by atoms with van der Waals surface area (Å²) in [4.78, 5) is 18.3. The highest BCUT2D eigenvalue weighted by Crippen LogP contribution is 1.82. The first-order chi connectivity index (χ1) is 3.81. The van der Waals surface area contributed by atoms with Crippen LogP contribution in [0.15, 0.2) is 12.7 Å². The van der Waals surface area contributed by atoms with Crippen molar-refractivity contribution in [3.63, 3.8) is 0 Å². The van der Waals surface area contributed by atoms with E-state index in [2.05, 4.69) is 16.4 Å². The van der Waals surface area contributed by atoms with E-state index >= 15 is 0 Å². The Kier molecular flexibility index (Phi) is 3.88. The molecule has 0 spiro atoms. The Balaban J connectivity index is 3.11. The van der Waals surface area contributed by atoms with Gasteiger partial charge in [-0.3, -0.25) is 4.89 Å². The van der Waals surface area contributed by atoms with Crippen LogP contribution in [0.4, 0.5) is 0 Å². The van der Waals surface area contributed by atoms with Crippen molar-refractivity contribution in [3.05, 3.63) is 19.3 Å². The lowest BCUT2D eigenvalue weighted by Gasteiger charge is -1.92. The lowest BCUT2D eigenvalue weighted by atomic mass is 10.7. The van der Waals surface area contributed by atoms with Gasteiger partial charge in [-0.05, 0) is 6.92 Å². The van der Waals surface area contributed by atoms with E-state index in [0.29, 0.717) is 0 Å². The highest BCUT2D eigenvalue weighted by atomic mass is 17.2. The molecule has 45 valence electrons. The van der Waals surface area contributed by atoms with Crippen LogP contribution in [0.5, 0.6) is 0 Å². The average Bonchev–Trinajstić information content (AvgIpc) is 1.83. The fraction of sp³-hybridized carbons (Fsp3) is 0.200. The quantitative estimate of drug-likeness (QED) is 0.310. The van der Waals surface area contributed by atoms with Crippen LogP contribution in [0.3, 0.4) is 0 Å². The molecule has 0 aromatic carbocycles. The van der Waals surface area contributed by atoms with E-state index in [1.807, 2.05) is 0 Å². The summed E-state index contributed by atoms with van der Waals surface area (Å²) < 4.78 is 0. The van der Waals surface area contributed by atoms with Gasteiger partial charge in [-0.2, -0.15) is 4.89 Å². The molecule has 0 saturated carbocycles. The van der Waals surface area contributed by atoms with E-state index in [9.17, 15) is 4.79 Å². The first-order valence-corrected chi connectivity index (χ1v) is 2.08. The van der Waals surface area contributed by atoms with Gasteiger partial charge in [0.05, 0.1) is 0 Å². The number of hydrogen-bond acceptors (Lipinski definition) is 3. The summed E-state index contributed by atoms with van der Waals surface area (Å²) in [5, 5.41) is 0. The molecule has 0 aromatic heterocycles. The third-order valence-electron chi connectivity index (χ3n) is 0.393. The van der Waals surface area contributed by atoms with Crippen molar-refractivity contribution in [1.29, 1.82) is 0 Å². The fourth-order valence-electron chi connectivity index (χ4n) is 0.130. The lowest BCUT2D eigenvalue weighted by molar-refractivity contribution is -0.245. The van der Waals surface area contributed by atoms with Gasteiger partial charge in [0.15, 0.2) is 0 Å². The molecule has 0 aliphatic rings. The Hall–Kier alpha value is -0.830. The van der Waals surface area contributed by atoms with Gasteiger partial charge in [-0.1, -0.05) is 6.58 Å². The molecule has 0 aliphatic heterocycles. The monoisotopic (exact) mass is 115 g/mol. The molecule has 0 aromatic rings. The summed E-state index contributed by atoms with van der Waals surface area (Å²) in [5.74, 6) is -0.594. The Labute approximate surface area is 47.8 Å². The van der Waals surface area contributed by atoms with Gasteiger partial charge in [0.25, 0.3) is 0 Å². The zero-order chi connectivity index (χ0) is 6.41. The van der Waals surface area contributed by atoms with Gasteiger partial charge in [0.2, 0.25) is 0 Å². The molecule has 0 unspecified atom stereocenters. The molecule has 8 heavy (non-hydrogen) atoms. The Morgan fingerprint density at radius 3 is 2.75 bits per heavy atom. The highest BCUT2D eigenvalue weighted by Gasteiger charge is 1.91. The normalized spacial score (nSPS) is 8.12. The van der Waals surface area contributed by atoms with Gasteiger partial charge in [0, 0.05) is 6.08 Å². The Morgan fingerprint density at radius 2 is 2.38 bits per heavy atom. The standard InChI is InChI=1S/C5H7O3/c1-3-5(6)8-7-4-2/h3-4H,1H2,2H3. The first-order valence-electron chi connectivity index (χ1n) is 2.08. The van der Waals surface area contributed by atoms with E-state index in [1.165, 1.54) is 6.61 Å². The van der Waals surface area contributed by atoms with Crippen LogP contribution in [0.25, 0.3) is 0 Å². The molecule has 3 nitrogen and oxygen atoms in total. The molecular weight excluding hydrogens is 108 g/mol. The van der Waals surface area contributed by atoms with Crippen LogP contribution in [0, 0.1) is 6.61 Å². The number of rotatable bonds is 3. The van der Waals surface area contributed by atoms with E-state index in [1.54, 1.807) is 6.92 Å². The molecule has 1 radical (unpaired) electrons. The van der Waals surface area contributed by atoms with Gasteiger partial charge < -0.3 is 0 Å². The van der Waals surface area contributed by atoms with Gasteiger partial charge in [-0.25, -0.2) is 4.79 Å². The van der Waals surface area contributed by atoms with Crippen LogP contribution in [0.2, 0.25) is 0 Å². The van der Waals surface area contributed by atoms with Crippen LogP contribution >= 0.6 is 0 Å². The SMILES string of the molecule is C=CC(=O)OO[CH]C. The summed E-state index contributed by atoms with van der Waals surface area (Å²) in [6.07, 6.45) is 1.02. The second kappa shape index (κ2) is 4.33. The van der Waals surface area contributed by atoms with Gasteiger partial charge in [0.1, 0.15) is 6.61 Å². The summed E-state index contributed by atoms with van der Waals surface area (Å²) in [7, 11) is 0. The first kappa shape index (κ1) is 7.17. The zero-order valence-electron chi connectivity index (χ0n) is 4.59. The smallest absolute Gasteiger partial charge is 0.293 e. The minimum absolute atomic E-state index is 0.594. The molecule has 0 heterocycles. The van der Waals surface area contributed by atoms with Crippen molar-refractivity contribution in [1.82, 2.24) is 0 Å². The third kappa shape index (κ3) is 3.36. The summed E-state index contributed by atoms with van der Waals surface area (Å²) in [5.41, 5.74) is 0. The second-order valence-corrected chi connectivity index (χ2v) is 0.938. The van der Waals surface area contributed by atoms with Crippen molar-refractivity contribution in [2.45, 2.75) is 6.92 Å². The second-order valence-electron chi connectivity index (χ2n) is 0.938. The van der Waals surface area contributed by atoms with Crippen molar-refractivity contribution in [3.8, 4) is 0 Å². The molecule has 0 amide bonds. The largest absolute Gasteiger partial charge is 0.365 e. The number of carbonyl (C=O) groups excluding carboxylic acids is 1. The molecular formula is C5H7O3. The summed E-state index contributed by atoms with van der Waals surface area (Å²) >= 11 is 0. The van der Waals surface area contributed by atoms with Crippen LogP contribution < -0.4 is 0 Å². The third-order valence-corrected chi connectivity index (χ3v) is 0.393. The van der Waals surface area contributed by atoms with Crippen molar-refractivity contribution >= 4 is 5.97 Å². The number of hydrogen-bond donors (Lipinski definition) is 0. The maximum Gasteiger partial charge on any atom is 0.365 e. The van der Waals surface area contributed by atoms with E-state index in [0.717, 1.165) is 6.08 Å². The predicted octanol–water partition coefficient (Wildman–Crippen LogP) is 0.829. The maximum atomic E-state index is 10.1. The lowest BCUT2D eigenvalue weighted by Crippen LogP contribution is -1.97. The zero-order valence-corrected chi connectivity index (χ0v) is 4.59. The van der Waals surface area contributed by atoms with Crippen molar-refractivity contribution < 1.29 is 14.6 Å². The molecule has 3 heteroatoms. The maximum absolute atomic E-state index is 10.1. The van der Waals surface area contributed by atoms with Crippen LogP contribution in [-0.2, 0) is 14.6 Å². The summed E-state index contributed by atoms with van der Waals surface area (Å²) in [6, 6.07) is 0. The van der Waals surface area contributed by atoms with Crippen LogP contribution in [-0.4, -0.2) is 5.97 Å². The van der Waals surface area contributed by atoms with E-state index in [-0.39, 0.29) is 0 Å². The average molecular weight is 115 g/mol. The molecule has 0 saturated heterocycles. The summed E-state index contributed by atoms with van der Waals surface area (Å²) in [6.45, 7) is 5.99. The van der Waals surface area contributed by atoms with Crippen LogP contribution in [0.1, 0.15) is 6.92 Å². The molecule has 0 atom stereocenters. The molecule has 0 fully saturated rings. The Bertz CT molecular complexity index is 87.7. The number of carbonyl (C=O) groups is 1. The van der Waals surface area contributed by atoms with E-state index < -0.39 is 5.97 Å². The van der Waals surface area contributed by atoms with E-state index in [4.69, 9.17) is 0 Å². The molecule has 0 N–H and O–H groups in total. The molecule has 0 aliphatic carbocycles. The Morgan fingerprint density at radius 1 is 1.75 bits per heavy atom. The minimum atomic E-state index is -0.594. The highest BCUT2D eigenvalue weighted by molar-refractivity contribution is 5.80. The molecule has 0 bridgehead atoms. The predicted molar refractivity (Wildman–Crippen MR) is 27.3 cm³/mol.